The van der Waals surface area contributed by atoms with Gasteiger partial charge >= 0.3 is 0 Å². The first-order chi connectivity index (χ1) is 7.56. The fourth-order valence-corrected chi connectivity index (χ4v) is 1.83. The molecule has 0 saturated heterocycles. The molecule has 0 heterocycles. The predicted octanol–water partition coefficient (Wildman–Crippen LogP) is 3.79. The minimum atomic E-state index is -0.336. The summed E-state index contributed by atoms with van der Waals surface area (Å²) in [5, 5.41) is 10.9. The molecule has 1 aromatic rings. The third-order valence-electron chi connectivity index (χ3n) is 2.74. The molecule has 88 valence electrons. The van der Waals surface area contributed by atoms with Crippen LogP contribution < -0.4 is 0 Å². The fraction of sp³-hybridized carbons (Fsp3) is 0.500. The van der Waals surface area contributed by atoms with Crippen LogP contribution in [0.2, 0.25) is 0 Å². The number of nitro benzene ring substituents is 1. The zero-order chi connectivity index (χ0) is 12.1. The highest BCUT2D eigenvalue weighted by atomic mass is 35.5. The van der Waals surface area contributed by atoms with Gasteiger partial charge in [0.2, 0.25) is 0 Å². The minimum Gasteiger partial charge on any atom is -0.258 e. The highest BCUT2D eigenvalue weighted by Gasteiger charge is 2.18. The molecule has 0 aliphatic heterocycles. The summed E-state index contributed by atoms with van der Waals surface area (Å²) < 4.78 is 0. The molecule has 1 rings (SSSR count). The first-order valence-corrected chi connectivity index (χ1v) is 5.86. The van der Waals surface area contributed by atoms with Gasteiger partial charge in [0.1, 0.15) is 0 Å². The number of alkyl halides is 1. The van der Waals surface area contributed by atoms with E-state index in [2.05, 4.69) is 0 Å². The Morgan fingerprint density at radius 3 is 2.62 bits per heavy atom. The van der Waals surface area contributed by atoms with Gasteiger partial charge in [-0.05, 0) is 18.8 Å². The Labute approximate surface area is 101 Å². The zero-order valence-corrected chi connectivity index (χ0v) is 10.3. The van der Waals surface area contributed by atoms with Crippen LogP contribution in [0.3, 0.4) is 0 Å². The van der Waals surface area contributed by atoms with E-state index in [4.69, 9.17) is 11.6 Å². The van der Waals surface area contributed by atoms with Crippen LogP contribution in [0.1, 0.15) is 25.8 Å². The van der Waals surface area contributed by atoms with E-state index in [-0.39, 0.29) is 21.9 Å². The summed E-state index contributed by atoms with van der Waals surface area (Å²) >= 11 is 6.13. The SMILES string of the molecule is CCC(Cl)C(C)Cc1ccccc1[N+](=O)[O-]. The average molecular weight is 242 g/mol. The van der Waals surface area contributed by atoms with Gasteiger partial charge in [0.25, 0.3) is 5.69 Å². The highest BCUT2D eigenvalue weighted by molar-refractivity contribution is 6.20. The van der Waals surface area contributed by atoms with Crippen LogP contribution in [-0.2, 0) is 6.42 Å². The summed E-state index contributed by atoms with van der Waals surface area (Å²) in [6, 6.07) is 6.85. The lowest BCUT2D eigenvalue weighted by Gasteiger charge is -2.16. The Bertz CT molecular complexity index is 368. The lowest BCUT2D eigenvalue weighted by Crippen LogP contribution is -2.13. The van der Waals surface area contributed by atoms with Gasteiger partial charge in [-0.2, -0.15) is 0 Å². The number of nitrogens with zero attached hydrogens (tertiary/aromatic N) is 1. The lowest BCUT2D eigenvalue weighted by atomic mass is 9.95. The molecule has 0 N–H and O–H groups in total. The van der Waals surface area contributed by atoms with Crippen molar-refractivity contribution in [2.24, 2.45) is 5.92 Å². The van der Waals surface area contributed by atoms with E-state index in [0.717, 1.165) is 12.0 Å². The Kier molecular flexibility index (Phi) is 4.74. The van der Waals surface area contributed by atoms with E-state index in [0.29, 0.717) is 6.42 Å². The standard InChI is InChI=1S/C12H16ClNO2/c1-3-11(13)9(2)8-10-6-4-5-7-12(10)14(15)16/h4-7,9,11H,3,8H2,1-2H3. The molecule has 16 heavy (non-hydrogen) atoms. The molecule has 0 bridgehead atoms. The van der Waals surface area contributed by atoms with Crippen LogP contribution >= 0.6 is 11.6 Å². The van der Waals surface area contributed by atoms with E-state index in [1.54, 1.807) is 12.1 Å². The van der Waals surface area contributed by atoms with E-state index < -0.39 is 0 Å². The van der Waals surface area contributed by atoms with Crippen molar-refractivity contribution in [3.63, 3.8) is 0 Å². The van der Waals surface area contributed by atoms with Crippen LogP contribution in [0.15, 0.2) is 24.3 Å². The number of nitro groups is 1. The predicted molar refractivity (Wildman–Crippen MR) is 65.9 cm³/mol. The van der Waals surface area contributed by atoms with E-state index in [1.807, 2.05) is 19.9 Å². The molecule has 0 aromatic heterocycles. The summed E-state index contributed by atoms with van der Waals surface area (Å²) in [6.07, 6.45) is 1.53. The Morgan fingerprint density at radius 2 is 2.06 bits per heavy atom. The smallest absolute Gasteiger partial charge is 0.258 e. The fourth-order valence-electron chi connectivity index (χ4n) is 1.74. The van der Waals surface area contributed by atoms with Gasteiger partial charge < -0.3 is 0 Å². The first-order valence-electron chi connectivity index (χ1n) is 5.42. The van der Waals surface area contributed by atoms with Crippen molar-refractivity contribution in [2.75, 3.05) is 0 Å². The summed E-state index contributed by atoms with van der Waals surface area (Å²) in [4.78, 5) is 10.5. The maximum absolute atomic E-state index is 10.8. The largest absolute Gasteiger partial charge is 0.272 e. The van der Waals surface area contributed by atoms with Gasteiger partial charge in [-0.25, -0.2) is 0 Å². The van der Waals surface area contributed by atoms with Crippen molar-refractivity contribution in [1.29, 1.82) is 0 Å². The second-order valence-electron chi connectivity index (χ2n) is 3.99. The third-order valence-corrected chi connectivity index (χ3v) is 3.48. The topological polar surface area (TPSA) is 43.1 Å². The van der Waals surface area contributed by atoms with E-state index in [1.165, 1.54) is 6.07 Å². The number of para-hydroxylation sites is 1. The molecule has 3 nitrogen and oxygen atoms in total. The molecule has 0 fully saturated rings. The Hall–Kier alpha value is -1.09. The van der Waals surface area contributed by atoms with Gasteiger partial charge in [0, 0.05) is 17.0 Å². The lowest BCUT2D eigenvalue weighted by molar-refractivity contribution is -0.385. The van der Waals surface area contributed by atoms with Crippen LogP contribution in [-0.4, -0.2) is 10.3 Å². The normalized spacial score (nSPS) is 14.4. The zero-order valence-electron chi connectivity index (χ0n) is 9.52. The molecular formula is C12H16ClNO2. The van der Waals surface area contributed by atoms with Crippen molar-refractivity contribution < 1.29 is 4.92 Å². The van der Waals surface area contributed by atoms with Crippen molar-refractivity contribution in [3.05, 3.63) is 39.9 Å². The maximum atomic E-state index is 10.8. The number of halogens is 1. The minimum absolute atomic E-state index is 0.0693. The van der Waals surface area contributed by atoms with Crippen LogP contribution in [0.25, 0.3) is 0 Å². The van der Waals surface area contributed by atoms with Gasteiger partial charge in [-0.1, -0.05) is 32.0 Å². The first kappa shape index (κ1) is 13.0. The third kappa shape index (κ3) is 3.20. The molecule has 2 atom stereocenters. The Morgan fingerprint density at radius 1 is 1.44 bits per heavy atom. The van der Waals surface area contributed by atoms with Gasteiger partial charge in [0.05, 0.1) is 4.92 Å². The summed E-state index contributed by atoms with van der Waals surface area (Å²) in [5.41, 5.74) is 0.952. The summed E-state index contributed by atoms with van der Waals surface area (Å²) in [7, 11) is 0. The second-order valence-corrected chi connectivity index (χ2v) is 4.55. The van der Waals surface area contributed by atoms with Crippen LogP contribution in [0.4, 0.5) is 5.69 Å². The quantitative estimate of drug-likeness (QED) is 0.447. The molecule has 0 saturated carbocycles. The van der Waals surface area contributed by atoms with Crippen LogP contribution in [0.5, 0.6) is 0 Å². The average Bonchev–Trinajstić information content (AvgIpc) is 2.28. The number of rotatable bonds is 5. The van der Waals surface area contributed by atoms with E-state index >= 15 is 0 Å². The van der Waals surface area contributed by atoms with Crippen molar-refractivity contribution in [1.82, 2.24) is 0 Å². The maximum Gasteiger partial charge on any atom is 0.272 e. The number of benzene rings is 1. The van der Waals surface area contributed by atoms with E-state index in [9.17, 15) is 10.1 Å². The van der Waals surface area contributed by atoms with Crippen molar-refractivity contribution >= 4 is 17.3 Å². The highest BCUT2D eigenvalue weighted by Crippen LogP contribution is 2.24. The molecule has 1 aromatic carbocycles. The van der Waals surface area contributed by atoms with Gasteiger partial charge in [-0.15, -0.1) is 11.6 Å². The molecule has 0 aliphatic rings. The monoisotopic (exact) mass is 241 g/mol. The molecule has 0 spiro atoms. The summed E-state index contributed by atoms with van der Waals surface area (Å²) in [6.45, 7) is 4.05. The molecular weight excluding hydrogens is 226 g/mol. The second kappa shape index (κ2) is 5.85. The van der Waals surface area contributed by atoms with Crippen LogP contribution in [0, 0.1) is 16.0 Å². The van der Waals surface area contributed by atoms with Gasteiger partial charge in [0.15, 0.2) is 0 Å². The number of hydrogen-bond donors (Lipinski definition) is 0. The summed E-state index contributed by atoms with van der Waals surface area (Å²) in [5.74, 6) is 0.243. The molecule has 4 heteroatoms. The molecule has 2 unspecified atom stereocenters. The molecule has 0 amide bonds. The molecule has 0 aliphatic carbocycles. The number of hydrogen-bond acceptors (Lipinski definition) is 2. The van der Waals surface area contributed by atoms with Crippen molar-refractivity contribution in [3.8, 4) is 0 Å². The van der Waals surface area contributed by atoms with Crippen molar-refractivity contribution in [2.45, 2.75) is 32.1 Å². The molecule has 0 radical (unpaired) electrons. The van der Waals surface area contributed by atoms with Gasteiger partial charge in [-0.3, -0.25) is 10.1 Å². The Balaban J connectivity index is 2.84.